The molecular weight excluding hydrogens is 798 g/mol. The molecule has 0 unspecified atom stereocenters. The highest BCUT2D eigenvalue weighted by atomic mass is 31.1. The Morgan fingerprint density at radius 3 is 0.922 bits per heavy atom. The van der Waals surface area contributed by atoms with Crippen LogP contribution in [-0.2, 0) is 0 Å². The van der Waals surface area contributed by atoms with Crippen molar-refractivity contribution in [2.45, 2.75) is 0 Å². The monoisotopic (exact) mass is 843 g/mol. The second-order valence-electron chi connectivity index (χ2n) is 14.9. The average molecular weight is 844 g/mol. The van der Waals surface area contributed by atoms with Crippen LogP contribution in [0.5, 0.6) is 0 Å². The number of pyridine rings is 2. The third kappa shape index (κ3) is 10.5. The minimum atomic E-state index is 0.312. The number of aromatic nitrogens is 2. The first-order valence-electron chi connectivity index (χ1n) is 21.3. The summed E-state index contributed by atoms with van der Waals surface area (Å²) < 4.78 is 0. The van der Waals surface area contributed by atoms with Gasteiger partial charge in [0.15, 0.2) is 0 Å². The van der Waals surface area contributed by atoms with E-state index in [1.807, 2.05) is 84.9 Å². The van der Waals surface area contributed by atoms with E-state index in [1.54, 1.807) is 0 Å². The Kier molecular flexibility index (Phi) is 13.3. The Labute approximate surface area is 377 Å². The van der Waals surface area contributed by atoms with Gasteiger partial charge in [0.25, 0.3) is 0 Å². The molecule has 1 N–H and O–H groups in total. The molecule has 5 nitrogen and oxygen atoms in total. The molecule has 0 atom stereocenters. The van der Waals surface area contributed by atoms with E-state index in [9.17, 15) is 0 Å². The number of para-hydroxylation sites is 6. The summed E-state index contributed by atoms with van der Waals surface area (Å²) in [6.45, 7) is 0. The Balaban J connectivity index is 0.000000341. The van der Waals surface area contributed by atoms with E-state index in [0.717, 1.165) is 78.9 Å². The molecule has 0 saturated heterocycles. The lowest BCUT2D eigenvalue weighted by atomic mass is 10.1. The van der Waals surface area contributed by atoms with Crippen molar-refractivity contribution >= 4 is 64.9 Å². The summed E-state index contributed by atoms with van der Waals surface area (Å²) in [5, 5.41) is 3.30. The second-order valence-corrected chi connectivity index (χ2v) is 16.2. The second kappa shape index (κ2) is 20.6. The molecule has 0 aliphatic carbocycles. The lowest BCUT2D eigenvalue weighted by Crippen LogP contribution is -2.12. The summed E-state index contributed by atoms with van der Waals surface area (Å²) >= 11 is 0. The summed E-state index contributed by atoms with van der Waals surface area (Å²) in [6, 6.07) is 92.0. The minimum absolute atomic E-state index is 0.312. The van der Waals surface area contributed by atoms with Gasteiger partial charge in [-0.25, -0.2) is 9.97 Å². The van der Waals surface area contributed by atoms with E-state index >= 15 is 0 Å². The van der Waals surface area contributed by atoms with E-state index in [-0.39, 0.29) is 0 Å². The van der Waals surface area contributed by atoms with Crippen LogP contribution >= 0.6 is 8.58 Å². The molecule has 10 rings (SSSR count). The van der Waals surface area contributed by atoms with Gasteiger partial charge in [-0.05, 0) is 130 Å². The first-order chi connectivity index (χ1) is 31.7. The molecule has 2 heterocycles. The Morgan fingerprint density at radius 1 is 0.281 bits per heavy atom. The van der Waals surface area contributed by atoms with E-state index in [2.05, 4.69) is 197 Å². The Bertz CT molecular complexity index is 2710. The molecule has 10 aromatic rings. The lowest BCUT2D eigenvalue weighted by Gasteiger charge is -2.25. The standard InChI is InChI=1S/C46H35N4P.C12H11N/c1-5-19-37(20-6-1)49(38-21-7-2-8-22-38)41-27-13-17-35(33-41)43-29-15-31-45(47-43)51-46-32-16-30-44(48-46)36-18-14-28-42(34-36)50(39-23-9-3-10-24-39)40-25-11-4-12-26-40;1-3-7-11(8-4-1)13-12-9-5-2-6-10-12/h1-34,51H;1-10,13H. The van der Waals surface area contributed by atoms with Crippen LogP contribution in [0.25, 0.3) is 22.5 Å². The van der Waals surface area contributed by atoms with Crippen molar-refractivity contribution in [1.82, 2.24) is 9.97 Å². The topological polar surface area (TPSA) is 44.3 Å². The molecule has 0 spiro atoms. The zero-order chi connectivity index (χ0) is 43.2. The van der Waals surface area contributed by atoms with E-state index in [0.29, 0.717) is 8.58 Å². The number of hydrogen-bond donors (Lipinski definition) is 1. The average Bonchev–Trinajstić information content (AvgIpc) is 3.37. The van der Waals surface area contributed by atoms with Gasteiger partial charge in [-0.1, -0.05) is 146 Å². The SMILES string of the molecule is c1ccc(N(c2ccccc2)c2cccc(-c3cccc(Pc4cccc(-c5cccc(N(c6ccccc6)c6ccccc6)c5)n4)n3)c2)cc1.c1ccc(Nc2ccccc2)cc1. The van der Waals surface area contributed by atoms with Gasteiger partial charge in [-0.15, -0.1) is 0 Å². The van der Waals surface area contributed by atoms with E-state index in [1.165, 1.54) is 0 Å². The van der Waals surface area contributed by atoms with Gasteiger partial charge < -0.3 is 15.1 Å². The maximum absolute atomic E-state index is 5.14. The van der Waals surface area contributed by atoms with Crippen LogP contribution in [-0.4, -0.2) is 9.97 Å². The molecule has 64 heavy (non-hydrogen) atoms. The molecule has 0 saturated carbocycles. The zero-order valence-electron chi connectivity index (χ0n) is 35.2. The third-order valence-electron chi connectivity index (χ3n) is 10.4. The van der Waals surface area contributed by atoms with Crippen molar-refractivity contribution in [3.05, 3.63) is 267 Å². The highest BCUT2D eigenvalue weighted by Crippen LogP contribution is 2.37. The number of hydrogen-bond acceptors (Lipinski definition) is 5. The van der Waals surface area contributed by atoms with Gasteiger partial charge in [0, 0.05) is 56.6 Å². The van der Waals surface area contributed by atoms with Gasteiger partial charge in [0.1, 0.15) is 0 Å². The van der Waals surface area contributed by atoms with Crippen LogP contribution in [0.4, 0.5) is 45.5 Å². The van der Waals surface area contributed by atoms with Crippen molar-refractivity contribution in [1.29, 1.82) is 0 Å². The van der Waals surface area contributed by atoms with Crippen LogP contribution < -0.4 is 26.0 Å². The molecule has 2 aromatic heterocycles. The smallest absolute Gasteiger partial charge is 0.0710 e. The van der Waals surface area contributed by atoms with E-state index < -0.39 is 0 Å². The maximum atomic E-state index is 5.14. The summed E-state index contributed by atoms with van der Waals surface area (Å²) in [5.74, 6) is 0. The first-order valence-corrected chi connectivity index (χ1v) is 22.3. The molecule has 308 valence electrons. The highest BCUT2D eigenvalue weighted by molar-refractivity contribution is 7.54. The molecule has 0 aliphatic heterocycles. The number of anilines is 8. The van der Waals surface area contributed by atoms with Gasteiger partial charge in [-0.3, -0.25) is 0 Å². The van der Waals surface area contributed by atoms with Crippen LogP contribution in [0, 0.1) is 0 Å². The van der Waals surface area contributed by atoms with Crippen molar-refractivity contribution in [3.8, 4) is 22.5 Å². The summed E-state index contributed by atoms with van der Waals surface area (Å²) in [6.07, 6.45) is 0. The number of rotatable bonds is 12. The molecule has 6 heteroatoms. The van der Waals surface area contributed by atoms with Gasteiger partial charge >= 0.3 is 0 Å². The van der Waals surface area contributed by atoms with Gasteiger partial charge in [0.2, 0.25) is 0 Å². The van der Waals surface area contributed by atoms with Gasteiger partial charge in [-0.2, -0.15) is 0 Å². The van der Waals surface area contributed by atoms with Crippen molar-refractivity contribution in [2.24, 2.45) is 0 Å². The van der Waals surface area contributed by atoms with E-state index in [4.69, 9.17) is 9.97 Å². The largest absolute Gasteiger partial charge is 0.356 e. The molecule has 0 bridgehead atoms. The fourth-order valence-electron chi connectivity index (χ4n) is 7.48. The Morgan fingerprint density at radius 2 is 0.578 bits per heavy atom. The fraction of sp³-hybridized carbons (Fsp3) is 0. The predicted molar refractivity (Wildman–Crippen MR) is 272 cm³/mol. The normalized spacial score (nSPS) is 10.6. The molecule has 0 amide bonds. The quantitative estimate of drug-likeness (QED) is 0.124. The molecule has 0 aliphatic rings. The predicted octanol–water partition coefficient (Wildman–Crippen LogP) is 14.8. The number of nitrogens with one attached hydrogen (secondary N) is 1. The van der Waals surface area contributed by atoms with Crippen molar-refractivity contribution in [2.75, 3.05) is 15.1 Å². The lowest BCUT2D eigenvalue weighted by molar-refractivity contribution is 1.28. The molecule has 8 aromatic carbocycles. The summed E-state index contributed by atoms with van der Waals surface area (Å²) in [4.78, 5) is 14.8. The van der Waals surface area contributed by atoms with Crippen LogP contribution in [0.15, 0.2) is 267 Å². The first kappa shape index (κ1) is 41.3. The highest BCUT2D eigenvalue weighted by Gasteiger charge is 2.15. The summed E-state index contributed by atoms with van der Waals surface area (Å²) in [5.41, 5.74) is 14.8. The number of nitrogens with zero attached hydrogens (tertiary/aromatic N) is 4. The van der Waals surface area contributed by atoms with Crippen molar-refractivity contribution in [3.63, 3.8) is 0 Å². The number of benzene rings is 8. The minimum Gasteiger partial charge on any atom is -0.356 e. The third-order valence-corrected chi connectivity index (χ3v) is 11.5. The van der Waals surface area contributed by atoms with Crippen molar-refractivity contribution < 1.29 is 0 Å². The van der Waals surface area contributed by atoms with Crippen LogP contribution in [0.2, 0.25) is 0 Å². The summed E-state index contributed by atoms with van der Waals surface area (Å²) in [7, 11) is 0.312. The molecular formula is C58H46N5P. The molecule has 0 radical (unpaired) electrons. The Hall–Kier alpha value is -8.11. The molecule has 0 fully saturated rings. The van der Waals surface area contributed by atoms with Gasteiger partial charge in [0.05, 0.1) is 22.3 Å². The fourth-order valence-corrected chi connectivity index (χ4v) is 8.46. The zero-order valence-corrected chi connectivity index (χ0v) is 36.2. The van der Waals surface area contributed by atoms with Crippen LogP contribution in [0.1, 0.15) is 0 Å². The maximum Gasteiger partial charge on any atom is 0.0710 e. The van der Waals surface area contributed by atoms with Crippen LogP contribution in [0.3, 0.4) is 0 Å².